The van der Waals surface area contributed by atoms with Gasteiger partial charge in [0, 0.05) is 18.1 Å². The van der Waals surface area contributed by atoms with E-state index in [2.05, 4.69) is 33.9 Å². The normalized spacial score (nSPS) is 10.9. The average Bonchev–Trinajstić information content (AvgIpc) is 3.09. The molecule has 0 bridgehead atoms. The molecule has 2 aromatic carbocycles. The SMILES string of the molecule is CCCn1c(CNc2c(C#N)cnc3ccc(OC)cc23)nc2ccccc21. The molecule has 2 heterocycles. The molecular weight excluding hydrogens is 350 g/mol. The zero-order chi connectivity index (χ0) is 19.5. The molecule has 1 N–H and O–H groups in total. The molecule has 0 saturated carbocycles. The van der Waals surface area contributed by atoms with E-state index in [9.17, 15) is 5.26 Å². The molecule has 0 atom stereocenters. The van der Waals surface area contributed by atoms with Crippen LogP contribution in [0.1, 0.15) is 24.7 Å². The number of nitrogens with one attached hydrogen (secondary N) is 1. The van der Waals surface area contributed by atoms with Crippen LogP contribution in [0.2, 0.25) is 0 Å². The fourth-order valence-corrected chi connectivity index (χ4v) is 3.47. The molecule has 4 rings (SSSR count). The van der Waals surface area contributed by atoms with Crippen LogP contribution in [0.15, 0.2) is 48.7 Å². The third-order valence-electron chi connectivity index (χ3n) is 4.80. The summed E-state index contributed by atoms with van der Waals surface area (Å²) in [5, 5.41) is 13.9. The maximum atomic E-state index is 9.57. The Morgan fingerprint density at radius 1 is 1.18 bits per heavy atom. The van der Waals surface area contributed by atoms with E-state index < -0.39 is 0 Å². The second-order valence-corrected chi connectivity index (χ2v) is 6.56. The van der Waals surface area contributed by atoms with E-state index in [1.807, 2.05) is 36.4 Å². The number of ether oxygens (including phenoxy) is 1. The van der Waals surface area contributed by atoms with Gasteiger partial charge in [0.25, 0.3) is 0 Å². The molecule has 0 amide bonds. The van der Waals surface area contributed by atoms with Crippen LogP contribution in [0.3, 0.4) is 0 Å². The number of hydrogen-bond donors (Lipinski definition) is 1. The van der Waals surface area contributed by atoms with Gasteiger partial charge < -0.3 is 14.6 Å². The third kappa shape index (κ3) is 3.12. The van der Waals surface area contributed by atoms with E-state index in [1.54, 1.807) is 13.3 Å². The maximum absolute atomic E-state index is 9.57. The van der Waals surface area contributed by atoms with Gasteiger partial charge >= 0.3 is 0 Å². The summed E-state index contributed by atoms with van der Waals surface area (Å²) >= 11 is 0. The van der Waals surface area contributed by atoms with Gasteiger partial charge in [0.15, 0.2) is 0 Å². The largest absolute Gasteiger partial charge is 0.497 e. The average molecular weight is 371 g/mol. The lowest BCUT2D eigenvalue weighted by Gasteiger charge is -2.13. The van der Waals surface area contributed by atoms with Gasteiger partial charge in [-0.2, -0.15) is 5.26 Å². The van der Waals surface area contributed by atoms with Gasteiger partial charge in [-0.25, -0.2) is 4.98 Å². The molecule has 2 aromatic heterocycles. The van der Waals surface area contributed by atoms with E-state index in [4.69, 9.17) is 9.72 Å². The van der Waals surface area contributed by atoms with Crippen LogP contribution in [-0.4, -0.2) is 21.6 Å². The molecule has 6 nitrogen and oxygen atoms in total. The highest BCUT2D eigenvalue weighted by atomic mass is 16.5. The van der Waals surface area contributed by atoms with Crippen LogP contribution >= 0.6 is 0 Å². The van der Waals surface area contributed by atoms with Gasteiger partial charge in [-0.3, -0.25) is 4.98 Å². The minimum absolute atomic E-state index is 0.499. The van der Waals surface area contributed by atoms with Crippen molar-refractivity contribution in [1.29, 1.82) is 5.26 Å². The van der Waals surface area contributed by atoms with Gasteiger partial charge in [0.2, 0.25) is 0 Å². The number of aromatic nitrogens is 3. The summed E-state index contributed by atoms with van der Waals surface area (Å²) in [5.41, 5.74) is 4.17. The number of nitriles is 1. The predicted octanol–water partition coefficient (Wildman–Crippen LogP) is 4.49. The Labute approximate surface area is 163 Å². The molecule has 0 unspecified atom stereocenters. The Morgan fingerprint density at radius 2 is 2.04 bits per heavy atom. The number of benzene rings is 2. The van der Waals surface area contributed by atoms with Crippen molar-refractivity contribution in [2.75, 3.05) is 12.4 Å². The summed E-state index contributed by atoms with van der Waals surface area (Å²) in [7, 11) is 1.63. The summed E-state index contributed by atoms with van der Waals surface area (Å²) in [4.78, 5) is 9.18. The Bertz CT molecular complexity index is 1190. The number of nitrogens with zero attached hydrogens (tertiary/aromatic N) is 4. The van der Waals surface area contributed by atoms with Crippen molar-refractivity contribution in [1.82, 2.24) is 14.5 Å². The van der Waals surface area contributed by atoms with Crippen LogP contribution in [0, 0.1) is 11.3 Å². The second-order valence-electron chi connectivity index (χ2n) is 6.56. The van der Waals surface area contributed by atoms with E-state index in [-0.39, 0.29) is 0 Å². The highest BCUT2D eigenvalue weighted by molar-refractivity contribution is 5.94. The number of methoxy groups -OCH3 is 1. The Hall–Kier alpha value is -3.59. The lowest BCUT2D eigenvalue weighted by Crippen LogP contribution is -2.10. The van der Waals surface area contributed by atoms with Crippen molar-refractivity contribution in [3.05, 3.63) is 60.0 Å². The topological polar surface area (TPSA) is 75.8 Å². The first-order valence-electron chi connectivity index (χ1n) is 9.30. The summed E-state index contributed by atoms with van der Waals surface area (Å²) in [6.45, 7) is 3.57. The van der Waals surface area contributed by atoms with Crippen LogP contribution < -0.4 is 10.1 Å². The number of pyridine rings is 1. The number of para-hydroxylation sites is 2. The highest BCUT2D eigenvalue weighted by Crippen LogP contribution is 2.29. The number of anilines is 1. The number of fused-ring (bicyclic) bond motifs is 2. The first kappa shape index (κ1) is 17.8. The number of aryl methyl sites for hydroxylation is 1. The molecule has 0 radical (unpaired) electrons. The highest BCUT2D eigenvalue weighted by Gasteiger charge is 2.13. The molecule has 6 heteroatoms. The zero-order valence-electron chi connectivity index (χ0n) is 15.9. The number of imidazole rings is 1. The number of rotatable bonds is 6. The van der Waals surface area contributed by atoms with Crippen LogP contribution in [0.25, 0.3) is 21.9 Å². The smallest absolute Gasteiger partial charge is 0.129 e. The molecule has 0 spiro atoms. The first-order chi connectivity index (χ1) is 13.7. The summed E-state index contributed by atoms with van der Waals surface area (Å²) < 4.78 is 7.58. The predicted molar refractivity (Wildman–Crippen MR) is 110 cm³/mol. The van der Waals surface area contributed by atoms with Crippen molar-refractivity contribution < 1.29 is 4.74 Å². The van der Waals surface area contributed by atoms with Gasteiger partial charge in [-0.05, 0) is 36.8 Å². The molecule has 0 aliphatic heterocycles. The van der Waals surface area contributed by atoms with E-state index in [1.165, 1.54) is 0 Å². The minimum Gasteiger partial charge on any atom is -0.497 e. The second kappa shape index (κ2) is 7.57. The van der Waals surface area contributed by atoms with Gasteiger partial charge in [0.1, 0.15) is 17.6 Å². The molecule has 28 heavy (non-hydrogen) atoms. The fourth-order valence-electron chi connectivity index (χ4n) is 3.47. The van der Waals surface area contributed by atoms with E-state index in [0.717, 1.165) is 52.2 Å². The van der Waals surface area contributed by atoms with E-state index >= 15 is 0 Å². The van der Waals surface area contributed by atoms with Crippen molar-refractivity contribution >= 4 is 27.6 Å². The van der Waals surface area contributed by atoms with Crippen LogP contribution in [-0.2, 0) is 13.1 Å². The lowest BCUT2D eigenvalue weighted by atomic mass is 10.1. The minimum atomic E-state index is 0.499. The zero-order valence-corrected chi connectivity index (χ0v) is 15.9. The van der Waals surface area contributed by atoms with Gasteiger partial charge in [-0.15, -0.1) is 0 Å². The first-order valence-corrected chi connectivity index (χ1v) is 9.30. The van der Waals surface area contributed by atoms with Crippen molar-refractivity contribution in [2.45, 2.75) is 26.4 Å². The lowest BCUT2D eigenvalue weighted by molar-refractivity contribution is 0.415. The van der Waals surface area contributed by atoms with Crippen molar-refractivity contribution in [3.8, 4) is 11.8 Å². The monoisotopic (exact) mass is 371 g/mol. The van der Waals surface area contributed by atoms with Gasteiger partial charge in [0.05, 0.1) is 41.5 Å². The molecule has 0 aliphatic carbocycles. The van der Waals surface area contributed by atoms with Crippen LogP contribution in [0.4, 0.5) is 5.69 Å². The maximum Gasteiger partial charge on any atom is 0.129 e. The summed E-state index contributed by atoms with van der Waals surface area (Å²) in [6, 6.07) is 16.0. The van der Waals surface area contributed by atoms with Gasteiger partial charge in [-0.1, -0.05) is 19.1 Å². The standard InChI is InChI=1S/C22H21N5O/c1-3-10-27-20-7-5-4-6-19(20)26-21(27)14-25-22-15(12-23)13-24-18-9-8-16(28-2)11-17(18)22/h4-9,11,13H,3,10,14H2,1-2H3,(H,24,25). The fraction of sp³-hybridized carbons (Fsp3) is 0.227. The van der Waals surface area contributed by atoms with Crippen LogP contribution in [0.5, 0.6) is 5.75 Å². The molecule has 0 fully saturated rings. The Kier molecular flexibility index (Phi) is 4.81. The third-order valence-corrected chi connectivity index (χ3v) is 4.80. The molecule has 4 aromatic rings. The Morgan fingerprint density at radius 3 is 2.82 bits per heavy atom. The molecule has 0 aliphatic rings. The number of hydrogen-bond acceptors (Lipinski definition) is 5. The molecule has 0 saturated heterocycles. The quantitative estimate of drug-likeness (QED) is 0.540. The van der Waals surface area contributed by atoms with Crippen molar-refractivity contribution in [2.24, 2.45) is 0 Å². The molecule has 140 valence electrons. The summed E-state index contributed by atoms with van der Waals surface area (Å²) in [6.07, 6.45) is 2.62. The van der Waals surface area contributed by atoms with Crippen molar-refractivity contribution in [3.63, 3.8) is 0 Å². The summed E-state index contributed by atoms with van der Waals surface area (Å²) in [5.74, 6) is 1.67. The van der Waals surface area contributed by atoms with E-state index in [0.29, 0.717) is 12.1 Å². The Balaban J connectivity index is 1.76. The molecular formula is C22H21N5O.